The van der Waals surface area contributed by atoms with Crippen LogP contribution in [0.4, 0.5) is 4.39 Å². The van der Waals surface area contributed by atoms with Gasteiger partial charge in [0.25, 0.3) is 0 Å². The van der Waals surface area contributed by atoms with Crippen LogP contribution in [0.2, 0.25) is 0 Å². The molecule has 1 aliphatic heterocycles. The summed E-state index contributed by atoms with van der Waals surface area (Å²) in [5, 5.41) is 3.02. The van der Waals surface area contributed by atoms with Gasteiger partial charge in [0.05, 0.1) is 11.1 Å². The number of rotatable bonds is 5. The molecule has 1 fully saturated rings. The average molecular weight is 472 g/mol. The van der Waals surface area contributed by atoms with E-state index in [1.54, 1.807) is 23.0 Å². The van der Waals surface area contributed by atoms with Gasteiger partial charge in [-0.3, -0.25) is 4.79 Å². The predicted molar refractivity (Wildman–Crippen MR) is 116 cm³/mol. The molecule has 1 saturated heterocycles. The van der Waals surface area contributed by atoms with Crippen molar-refractivity contribution in [2.24, 2.45) is 0 Å². The number of nitrogens with one attached hydrogen (secondary N) is 1. The lowest BCUT2D eigenvalue weighted by molar-refractivity contribution is -0.130. The Morgan fingerprint density at radius 2 is 1.97 bits per heavy atom. The van der Waals surface area contributed by atoms with Crippen LogP contribution in [0.5, 0.6) is 0 Å². The number of carbonyl (C=O) groups excluding carboxylic acids is 1. The van der Waals surface area contributed by atoms with Crippen molar-refractivity contribution in [3.63, 3.8) is 0 Å². The molecule has 0 bridgehead atoms. The molecule has 1 aliphatic rings. The highest BCUT2D eigenvalue weighted by Gasteiger charge is 2.41. The Bertz CT molecular complexity index is 1040. The van der Waals surface area contributed by atoms with Crippen LogP contribution in [0.1, 0.15) is 29.8 Å². The largest absolute Gasteiger partial charge is 0.381 e. The molecule has 0 atom stereocenters. The van der Waals surface area contributed by atoms with Gasteiger partial charge in [-0.25, -0.2) is 9.37 Å². The molecule has 0 radical (unpaired) electrons. The highest BCUT2D eigenvalue weighted by molar-refractivity contribution is 9.10. The highest BCUT2D eigenvalue weighted by Crippen LogP contribution is 2.36. The first-order chi connectivity index (χ1) is 14.5. The summed E-state index contributed by atoms with van der Waals surface area (Å²) in [7, 11) is 0. The normalized spacial score (nSPS) is 15.7. The molecule has 0 aliphatic carbocycles. The van der Waals surface area contributed by atoms with Crippen LogP contribution in [0, 0.1) is 12.7 Å². The maximum absolute atomic E-state index is 14.7. The molecule has 2 aromatic carbocycles. The zero-order chi connectivity index (χ0) is 21.1. The lowest BCUT2D eigenvalue weighted by atomic mass is 9.73. The van der Waals surface area contributed by atoms with Crippen LogP contribution in [-0.2, 0) is 21.5 Å². The molecule has 1 N–H and O–H groups in total. The van der Waals surface area contributed by atoms with Crippen molar-refractivity contribution >= 4 is 21.8 Å². The van der Waals surface area contributed by atoms with Crippen molar-refractivity contribution in [1.82, 2.24) is 14.9 Å². The van der Waals surface area contributed by atoms with E-state index in [4.69, 9.17) is 4.74 Å². The van der Waals surface area contributed by atoms with E-state index < -0.39 is 5.41 Å². The van der Waals surface area contributed by atoms with Gasteiger partial charge in [-0.15, -0.1) is 0 Å². The average Bonchev–Trinajstić information content (AvgIpc) is 3.18. The Balaban J connectivity index is 1.52. The number of hydrogen-bond donors (Lipinski definition) is 1. The Kier molecular flexibility index (Phi) is 6.01. The summed E-state index contributed by atoms with van der Waals surface area (Å²) in [4.78, 5) is 17.4. The van der Waals surface area contributed by atoms with Crippen LogP contribution in [0.3, 0.4) is 0 Å². The van der Waals surface area contributed by atoms with Gasteiger partial charge in [-0.1, -0.05) is 34.1 Å². The van der Waals surface area contributed by atoms with Crippen molar-refractivity contribution in [3.05, 3.63) is 82.1 Å². The Hall–Kier alpha value is -2.51. The zero-order valence-corrected chi connectivity index (χ0v) is 18.3. The summed E-state index contributed by atoms with van der Waals surface area (Å²) < 4.78 is 22.8. The number of imidazole rings is 1. The van der Waals surface area contributed by atoms with Crippen molar-refractivity contribution in [3.8, 4) is 5.69 Å². The fourth-order valence-electron chi connectivity index (χ4n) is 3.98. The van der Waals surface area contributed by atoms with Gasteiger partial charge in [0.2, 0.25) is 5.91 Å². The standard InChI is InChI=1S/C23H23BrFN3O2/c1-16-26-10-11-28(16)21-7-2-17(14-20(21)25)15-27-22(29)23(8-12-30-13-9-23)18-3-5-19(24)6-4-18/h2-7,10-11,14H,8-9,12-13,15H2,1H3,(H,27,29). The topological polar surface area (TPSA) is 56.2 Å². The summed E-state index contributed by atoms with van der Waals surface area (Å²) in [5.74, 6) is 0.311. The van der Waals surface area contributed by atoms with Crippen molar-refractivity contribution < 1.29 is 13.9 Å². The molecular formula is C23H23BrFN3O2. The third kappa shape index (κ3) is 4.04. The lowest BCUT2D eigenvalue weighted by Gasteiger charge is -2.36. The number of hydrogen-bond acceptors (Lipinski definition) is 3. The summed E-state index contributed by atoms with van der Waals surface area (Å²) in [6.45, 7) is 3.16. The van der Waals surface area contributed by atoms with E-state index in [1.165, 1.54) is 6.07 Å². The van der Waals surface area contributed by atoms with Gasteiger partial charge in [-0.2, -0.15) is 0 Å². The van der Waals surface area contributed by atoms with Gasteiger partial charge in [0.15, 0.2) is 0 Å². The minimum atomic E-state index is -0.634. The molecule has 0 spiro atoms. The third-order valence-corrected chi connectivity index (χ3v) is 6.26. The quantitative estimate of drug-likeness (QED) is 0.597. The number of aryl methyl sites for hydroxylation is 1. The second-order valence-corrected chi connectivity index (χ2v) is 8.43. The van der Waals surface area contributed by atoms with Crippen molar-refractivity contribution in [1.29, 1.82) is 0 Å². The number of halogens is 2. The summed E-state index contributed by atoms with van der Waals surface area (Å²) in [6.07, 6.45) is 4.60. The molecule has 156 valence electrons. The summed E-state index contributed by atoms with van der Waals surface area (Å²) >= 11 is 3.45. The number of benzene rings is 2. The molecule has 7 heteroatoms. The summed E-state index contributed by atoms with van der Waals surface area (Å²) in [6, 6.07) is 12.9. The number of amides is 1. The van der Waals surface area contributed by atoms with Crippen LogP contribution in [0.25, 0.3) is 5.69 Å². The van der Waals surface area contributed by atoms with E-state index in [2.05, 4.69) is 26.2 Å². The molecule has 1 amide bonds. The van der Waals surface area contributed by atoms with Crippen molar-refractivity contribution in [2.75, 3.05) is 13.2 Å². The first kappa shape index (κ1) is 20.8. The van der Waals surface area contributed by atoms with E-state index in [9.17, 15) is 9.18 Å². The van der Waals surface area contributed by atoms with Crippen LogP contribution in [0.15, 0.2) is 59.3 Å². The smallest absolute Gasteiger partial charge is 0.231 e. The molecule has 0 saturated carbocycles. The number of carbonyl (C=O) groups is 1. The van der Waals surface area contributed by atoms with E-state index >= 15 is 0 Å². The highest BCUT2D eigenvalue weighted by atomic mass is 79.9. The first-order valence-corrected chi connectivity index (χ1v) is 10.7. The van der Waals surface area contributed by atoms with Gasteiger partial charge in [-0.05, 0) is 55.2 Å². The summed E-state index contributed by atoms with van der Waals surface area (Å²) in [5.41, 5.74) is 1.49. The van der Waals surface area contributed by atoms with E-state index in [1.807, 2.05) is 37.3 Å². The lowest BCUT2D eigenvalue weighted by Crippen LogP contribution is -2.47. The molecule has 5 nitrogen and oxygen atoms in total. The SMILES string of the molecule is Cc1nccn1-c1ccc(CNC(=O)C2(c3ccc(Br)cc3)CCOCC2)cc1F. The van der Waals surface area contributed by atoms with Crippen LogP contribution in [-0.4, -0.2) is 28.7 Å². The molecule has 1 aromatic heterocycles. The minimum absolute atomic E-state index is 0.0527. The molecule has 3 aromatic rings. The van der Waals surface area contributed by atoms with Gasteiger partial charge < -0.3 is 14.6 Å². The van der Waals surface area contributed by atoms with Crippen LogP contribution < -0.4 is 5.32 Å². The van der Waals surface area contributed by atoms with Gasteiger partial charge in [0.1, 0.15) is 11.6 Å². The molecule has 2 heterocycles. The molecule has 0 unspecified atom stereocenters. The number of ether oxygens (including phenoxy) is 1. The second kappa shape index (κ2) is 8.70. The minimum Gasteiger partial charge on any atom is -0.381 e. The second-order valence-electron chi connectivity index (χ2n) is 7.51. The number of nitrogens with zero attached hydrogens (tertiary/aromatic N) is 2. The first-order valence-electron chi connectivity index (χ1n) is 9.90. The maximum atomic E-state index is 14.7. The van der Waals surface area contributed by atoms with Gasteiger partial charge >= 0.3 is 0 Å². The predicted octanol–water partition coefficient (Wildman–Crippen LogP) is 4.45. The van der Waals surface area contributed by atoms with Crippen LogP contribution >= 0.6 is 15.9 Å². The Morgan fingerprint density at radius 1 is 1.23 bits per heavy atom. The van der Waals surface area contributed by atoms with E-state index in [0.29, 0.717) is 43.1 Å². The molecule has 30 heavy (non-hydrogen) atoms. The van der Waals surface area contributed by atoms with E-state index in [-0.39, 0.29) is 18.3 Å². The van der Waals surface area contributed by atoms with Gasteiger partial charge in [0, 0.05) is 36.6 Å². The fraction of sp³-hybridized carbons (Fsp3) is 0.304. The molecule has 4 rings (SSSR count). The van der Waals surface area contributed by atoms with E-state index in [0.717, 1.165) is 10.0 Å². The fourth-order valence-corrected chi connectivity index (χ4v) is 4.24. The van der Waals surface area contributed by atoms with Crippen molar-refractivity contribution in [2.45, 2.75) is 31.7 Å². The zero-order valence-electron chi connectivity index (χ0n) is 16.7. The maximum Gasteiger partial charge on any atom is 0.231 e. The third-order valence-electron chi connectivity index (χ3n) is 5.73. The monoisotopic (exact) mass is 471 g/mol. The molecular weight excluding hydrogens is 449 g/mol. The Labute approximate surface area is 183 Å². The Morgan fingerprint density at radius 3 is 2.60 bits per heavy atom. The number of aromatic nitrogens is 2.